The number of nitrogens with zero attached hydrogens (tertiary/aromatic N) is 1. The number of thioether (sulfide) groups is 1. The molecule has 21 heavy (non-hydrogen) atoms. The lowest BCUT2D eigenvalue weighted by Gasteiger charge is -2.18. The van der Waals surface area contributed by atoms with E-state index in [-0.39, 0.29) is 5.91 Å². The van der Waals surface area contributed by atoms with Gasteiger partial charge in [-0.05, 0) is 35.9 Å². The van der Waals surface area contributed by atoms with Gasteiger partial charge in [0.25, 0.3) is 5.91 Å². The second-order valence-electron chi connectivity index (χ2n) is 5.05. The summed E-state index contributed by atoms with van der Waals surface area (Å²) in [7, 11) is 4.02. The first-order valence-electron chi connectivity index (χ1n) is 6.71. The maximum Gasteiger partial charge on any atom is 0.262 e. The van der Waals surface area contributed by atoms with Gasteiger partial charge in [0, 0.05) is 24.7 Å². The Balaban J connectivity index is 1.88. The van der Waals surface area contributed by atoms with E-state index in [4.69, 9.17) is 0 Å². The number of hydrogen-bond acceptors (Lipinski definition) is 3. The molecular weight excluding hydrogens is 280 g/mol. The van der Waals surface area contributed by atoms with Crippen LogP contribution < -0.4 is 10.2 Å². The maximum atomic E-state index is 12.1. The van der Waals surface area contributed by atoms with Crippen molar-refractivity contribution in [3.05, 3.63) is 59.0 Å². The van der Waals surface area contributed by atoms with Gasteiger partial charge in [0.15, 0.2) is 0 Å². The van der Waals surface area contributed by atoms with Crippen LogP contribution >= 0.6 is 11.8 Å². The van der Waals surface area contributed by atoms with Gasteiger partial charge in [0.2, 0.25) is 0 Å². The van der Waals surface area contributed by atoms with Crippen molar-refractivity contribution in [1.29, 1.82) is 0 Å². The number of rotatable bonds is 2. The Kier molecular flexibility index (Phi) is 3.71. The number of nitrogens with one attached hydrogen (secondary N) is 1. The van der Waals surface area contributed by atoms with Crippen LogP contribution in [0.5, 0.6) is 0 Å². The summed E-state index contributed by atoms with van der Waals surface area (Å²) in [6.07, 6.45) is 1.93. The van der Waals surface area contributed by atoms with E-state index >= 15 is 0 Å². The molecule has 0 saturated carbocycles. The van der Waals surface area contributed by atoms with Crippen LogP contribution in [0.2, 0.25) is 0 Å². The van der Waals surface area contributed by atoms with E-state index in [0.717, 1.165) is 21.8 Å². The zero-order valence-corrected chi connectivity index (χ0v) is 12.8. The van der Waals surface area contributed by atoms with Crippen LogP contribution in [-0.2, 0) is 4.79 Å². The molecule has 0 atom stereocenters. The van der Waals surface area contributed by atoms with E-state index in [2.05, 4.69) is 10.2 Å². The molecule has 0 radical (unpaired) electrons. The summed E-state index contributed by atoms with van der Waals surface area (Å²) >= 11 is 1.51. The molecule has 0 bridgehead atoms. The van der Waals surface area contributed by atoms with Gasteiger partial charge in [0.05, 0.1) is 10.6 Å². The molecule has 2 aromatic rings. The number of carbonyl (C=O) groups excluding carboxylic acids is 1. The van der Waals surface area contributed by atoms with Gasteiger partial charge in [-0.2, -0.15) is 0 Å². The van der Waals surface area contributed by atoms with Crippen LogP contribution in [-0.4, -0.2) is 20.0 Å². The van der Waals surface area contributed by atoms with E-state index in [0.29, 0.717) is 4.91 Å². The minimum Gasteiger partial charge on any atom is -0.378 e. The Labute approximate surface area is 128 Å². The van der Waals surface area contributed by atoms with Crippen LogP contribution in [0.25, 0.3) is 6.08 Å². The van der Waals surface area contributed by atoms with E-state index in [1.54, 1.807) is 0 Å². The average molecular weight is 296 g/mol. The van der Waals surface area contributed by atoms with Gasteiger partial charge >= 0.3 is 0 Å². The molecule has 106 valence electrons. The lowest BCUT2D eigenvalue weighted by molar-refractivity contribution is -0.112. The smallest absolute Gasteiger partial charge is 0.262 e. The number of benzene rings is 2. The summed E-state index contributed by atoms with van der Waals surface area (Å²) in [4.78, 5) is 16.0. The summed E-state index contributed by atoms with van der Waals surface area (Å²) in [5.74, 6) is -0.0459. The molecule has 0 fully saturated rings. The van der Waals surface area contributed by atoms with Crippen LogP contribution in [0.1, 0.15) is 5.56 Å². The third-order valence-corrected chi connectivity index (χ3v) is 4.39. The molecule has 1 aliphatic rings. The van der Waals surface area contributed by atoms with Gasteiger partial charge < -0.3 is 10.2 Å². The van der Waals surface area contributed by atoms with E-state index in [9.17, 15) is 4.79 Å². The quantitative estimate of drug-likeness (QED) is 0.855. The Hall–Kier alpha value is -2.20. The van der Waals surface area contributed by atoms with Crippen LogP contribution in [0.15, 0.2) is 58.3 Å². The van der Waals surface area contributed by atoms with Gasteiger partial charge in [-0.25, -0.2) is 0 Å². The number of anilines is 2. The predicted octanol–water partition coefficient (Wildman–Crippen LogP) is 3.84. The maximum absolute atomic E-state index is 12.1. The number of para-hydroxylation sites is 1. The highest BCUT2D eigenvalue weighted by atomic mass is 32.2. The molecule has 2 aromatic carbocycles. The summed E-state index contributed by atoms with van der Waals surface area (Å²) in [5, 5.41) is 2.92. The fraction of sp³-hybridized carbons (Fsp3) is 0.118. The van der Waals surface area contributed by atoms with Crippen LogP contribution in [0.3, 0.4) is 0 Å². The first-order chi connectivity index (χ1) is 10.1. The van der Waals surface area contributed by atoms with Gasteiger partial charge in [-0.3, -0.25) is 4.79 Å². The first-order valence-corrected chi connectivity index (χ1v) is 7.52. The molecule has 1 N–H and O–H groups in total. The highest BCUT2D eigenvalue weighted by Crippen LogP contribution is 2.38. The molecular formula is C17H16N2OS. The number of amides is 1. The Morgan fingerprint density at radius 2 is 1.76 bits per heavy atom. The third kappa shape index (κ3) is 2.95. The first kappa shape index (κ1) is 13.8. The van der Waals surface area contributed by atoms with E-state index in [1.807, 2.05) is 68.7 Å². The highest BCUT2D eigenvalue weighted by molar-refractivity contribution is 8.04. The second-order valence-corrected chi connectivity index (χ2v) is 6.13. The molecule has 0 saturated heterocycles. The molecule has 3 nitrogen and oxygen atoms in total. The standard InChI is InChI=1S/C17H16N2OS/c1-19(2)13-9-7-12(8-10-13)11-16-17(20)18-14-5-3-4-6-15(14)21-16/h3-11H,1-2H3,(H,18,20)/b16-11-. The van der Waals surface area contributed by atoms with Crippen molar-refractivity contribution in [3.8, 4) is 0 Å². The highest BCUT2D eigenvalue weighted by Gasteiger charge is 2.20. The molecule has 4 heteroatoms. The number of carbonyl (C=O) groups is 1. The molecule has 3 rings (SSSR count). The van der Waals surface area contributed by atoms with Crippen LogP contribution in [0.4, 0.5) is 11.4 Å². The molecule has 0 spiro atoms. The fourth-order valence-electron chi connectivity index (χ4n) is 2.12. The number of hydrogen-bond donors (Lipinski definition) is 1. The van der Waals surface area contributed by atoms with Crippen molar-refractivity contribution in [3.63, 3.8) is 0 Å². The van der Waals surface area contributed by atoms with Crippen molar-refractivity contribution in [1.82, 2.24) is 0 Å². The normalized spacial score (nSPS) is 15.5. The minimum atomic E-state index is -0.0459. The van der Waals surface area contributed by atoms with Crippen molar-refractivity contribution < 1.29 is 4.79 Å². The molecule has 0 aliphatic carbocycles. The summed E-state index contributed by atoms with van der Waals surface area (Å²) in [5.41, 5.74) is 3.05. The van der Waals surface area contributed by atoms with Gasteiger partial charge in [-0.1, -0.05) is 36.0 Å². The summed E-state index contributed by atoms with van der Waals surface area (Å²) in [6, 6.07) is 16.0. The SMILES string of the molecule is CN(C)c1ccc(/C=C2\Sc3ccccc3NC2=O)cc1. The average Bonchev–Trinajstić information content (AvgIpc) is 2.48. The topological polar surface area (TPSA) is 32.3 Å². The second kappa shape index (κ2) is 5.66. The Morgan fingerprint density at radius 1 is 1.05 bits per heavy atom. The minimum absolute atomic E-state index is 0.0459. The largest absolute Gasteiger partial charge is 0.378 e. The zero-order valence-electron chi connectivity index (χ0n) is 12.0. The monoisotopic (exact) mass is 296 g/mol. The number of fused-ring (bicyclic) bond motifs is 1. The third-order valence-electron chi connectivity index (χ3n) is 3.29. The molecule has 1 amide bonds. The molecule has 1 heterocycles. The summed E-state index contributed by atoms with van der Waals surface area (Å²) in [6.45, 7) is 0. The van der Waals surface area contributed by atoms with Gasteiger partial charge in [0.1, 0.15) is 0 Å². The van der Waals surface area contributed by atoms with E-state index in [1.165, 1.54) is 11.8 Å². The molecule has 0 unspecified atom stereocenters. The molecule has 1 aliphatic heterocycles. The summed E-state index contributed by atoms with van der Waals surface area (Å²) < 4.78 is 0. The van der Waals surface area contributed by atoms with Crippen molar-refractivity contribution in [2.24, 2.45) is 0 Å². The van der Waals surface area contributed by atoms with E-state index < -0.39 is 0 Å². The Bertz CT molecular complexity index is 705. The van der Waals surface area contributed by atoms with Crippen molar-refractivity contribution in [2.75, 3.05) is 24.3 Å². The van der Waals surface area contributed by atoms with Crippen LogP contribution in [0, 0.1) is 0 Å². The lowest BCUT2D eigenvalue weighted by Crippen LogP contribution is -2.17. The Morgan fingerprint density at radius 3 is 2.48 bits per heavy atom. The van der Waals surface area contributed by atoms with Gasteiger partial charge in [-0.15, -0.1) is 0 Å². The van der Waals surface area contributed by atoms with Crippen molar-refractivity contribution in [2.45, 2.75) is 4.90 Å². The predicted molar refractivity (Wildman–Crippen MR) is 89.7 cm³/mol. The lowest BCUT2D eigenvalue weighted by atomic mass is 10.2. The molecule has 0 aromatic heterocycles. The van der Waals surface area contributed by atoms with Crippen molar-refractivity contribution >= 4 is 35.1 Å². The zero-order chi connectivity index (χ0) is 14.8. The fourth-order valence-corrected chi connectivity index (χ4v) is 3.07.